The van der Waals surface area contributed by atoms with Gasteiger partial charge in [0.1, 0.15) is 0 Å². The van der Waals surface area contributed by atoms with Gasteiger partial charge in [-0.2, -0.15) is 0 Å². The largest absolute Gasteiger partial charge is 0.337 e. The van der Waals surface area contributed by atoms with Crippen LogP contribution < -0.4 is 5.32 Å². The zero-order chi connectivity index (χ0) is 10.7. The molecule has 0 atom stereocenters. The highest BCUT2D eigenvalue weighted by Gasteiger charge is 1.99. The Labute approximate surface area is 97.7 Å². The standard InChI is InChI=1S/C10H12ClN3S/c1-14-7-13-5-8(14)4-12-6-9-2-3-10(11)15-9/h2-3,5,7,12H,4,6H2,1H3. The second-order valence-corrected chi connectivity index (χ2v) is 5.10. The van der Waals surface area contributed by atoms with Gasteiger partial charge in [-0.1, -0.05) is 11.6 Å². The van der Waals surface area contributed by atoms with Crippen molar-refractivity contribution >= 4 is 22.9 Å². The number of aromatic nitrogens is 2. The Morgan fingerprint density at radius 3 is 2.93 bits per heavy atom. The third-order valence-electron chi connectivity index (χ3n) is 2.15. The summed E-state index contributed by atoms with van der Waals surface area (Å²) in [6.07, 6.45) is 3.67. The van der Waals surface area contributed by atoms with Crippen molar-refractivity contribution in [3.63, 3.8) is 0 Å². The van der Waals surface area contributed by atoms with E-state index < -0.39 is 0 Å². The molecule has 0 unspecified atom stereocenters. The van der Waals surface area contributed by atoms with E-state index in [1.54, 1.807) is 17.7 Å². The van der Waals surface area contributed by atoms with Crippen molar-refractivity contribution in [3.05, 3.63) is 39.6 Å². The number of nitrogens with zero attached hydrogens (tertiary/aromatic N) is 2. The number of hydrogen-bond acceptors (Lipinski definition) is 3. The topological polar surface area (TPSA) is 29.9 Å². The van der Waals surface area contributed by atoms with E-state index in [0.717, 1.165) is 17.4 Å². The van der Waals surface area contributed by atoms with Gasteiger partial charge in [0.2, 0.25) is 0 Å². The van der Waals surface area contributed by atoms with Crippen molar-refractivity contribution in [2.24, 2.45) is 7.05 Å². The molecule has 0 aliphatic carbocycles. The van der Waals surface area contributed by atoms with Gasteiger partial charge in [0.05, 0.1) is 16.4 Å². The van der Waals surface area contributed by atoms with Gasteiger partial charge < -0.3 is 9.88 Å². The molecule has 0 aliphatic heterocycles. The highest BCUT2D eigenvalue weighted by Crippen LogP contribution is 2.20. The summed E-state index contributed by atoms with van der Waals surface area (Å²) in [6, 6.07) is 3.97. The third kappa shape index (κ3) is 2.81. The highest BCUT2D eigenvalue weighted by molar-refractivity contribution is 7.16. The SMILES string of the molecule is Cn1cncc1CNCc1ccc(Cl)s1. The van der Waals surface area contributed by atoms with E-state index in [-0.39, 0.29) is 0 Å². The van der Waals surface area contributed by atoms with Crippen LogP contribution in [0.5, 0.6) is 0 Å². The zero-order valence-electron chi connectivity index (χ0n) is 8.40. The molecule has 15 heavy (non-hydrogen) atoms. The van der Waals surface area contributed by atoms with Gasteiger partial charge in [0.15, 0.2) is 0 Å². The fraction of sp³-hybridized carbons (Fsp3) is 0.300. The van der Waals surface area contributed by atoms with Crippen LogP contribution in [0, 0.1) is 0 Å². The molecule has 0 amide bonds. The number of rotatable bonds is 4. The Hall–Kier alpha value is -0.840. The molecule has 0 aliphatic rings. The quantitative estimate of drug-likeness (QED) is 0.891. The van der Waals surface area contributed by atoms with Gasteiger partial charge >= 0.3 is 0 Å². The van der Waals surface area contributed by atoms with Gasteiger partial charge in [0.25, 0.3) is 0 Å². The molecule has 0 fully saturated rings. The van der Waals surface area contributed by atoms with Crippen molar-refractivity contribution in [2.45, 2.75) is 13.1 Å². The second kappa shape index (κ2) is 4.79. The molecule has 5 heteroatoms. The molecule has 0 saturated heterocycles. The van der Waals surface area contributed by atoms with Gasteiger partial charge in [-0.25, -0.2) is 4.98 Å². The summed E-state index contributed by atoms with van der Waals surface area (Å²) in [7, 11) is 1.99. The van der Waals surface area contributed by atoms with E-state index in [2.05, 4.69) is 10.3 Å². The molecule has 0 radical (unpaired) electrons. The number of hydrogen-bond donors (Lipinski definition) is 1. The van der Waals surface area contributed by atoms with Crippen LogP contribution in [-0.4, -0.2) is 9.55 Å². The Balaban J connectivity index is 1.83. The van der Waals surface area contributed by atoms with E-state index in [1.165, 1.54) is 10.6 Å². The summed E-state index contributed by atoms with van der Waals surface area (Å²) >= 11 is 7.45. The number of nitrogens with one attached hydrogen (secondary N) is 1. The summed E-state index contributed by atoms with van der Waals surface area (Å²) in [6.45, 7) is 1.68. The molecule has 0 spiro atoms. The normalized spacial score (nSPS) is 10.8. The van der Waals surface area contributed by atoms with Gasteiger partial charge in [-0.3, -0.25) is 0 Å². The van der Waals surface area contributed by atoms with Crippen molar-refractivity contribution < 1.29 is 0 Å². The minimum atomic E-state index is 0.825. The zero-order valence-corrected chi connectivity index (χ0v) is 9.98. The summed E-state index contributed by atoms with van der Waals surface area (Å²) < 4.78 is 2.85. The summed E-state index contributed by atoms with van der Waals surface area (Å²) in [4.78, 5) is 5.31. The molecular weight excluding hydrogens is 230 g/mol. The molecule has 2 rings (SSSR count). The van der Waals surface area contributed by atoms with Gasteiger partial charge in [0, 0.05) is 31.2 Å². The van der Waals surface area contributed by atoms with E-state index in [0.29, 0.717) is 0 Å². The Kier molecular flexibility index (Phi) is 3.41. The Morgan fingerprint density at radius 1 is 1.47 bits per heavy atom. The average Bonchev–Trinajstić information content (AvgIpc) is 2.77. The maximum atomic E-state index is 5.84. The van der Waals surface area contributed by atoms with Crippen molar-refractivity contribution in [1.82, 2.24) is 14.9 Å². The Bertz CT molecular complexity index is 435. The van der Waals surface area contributed by atoms with E-state index in [1.807, 2.05) is 29.9 Å². The smallest absolute Gasteiger partial charge is 0.0945 e. The lowest BCUT2D eigenvalue weighted by molar-refractivity contribution is 0.660. The first-order chi connectivity index (χ1) is 7.25. The first kappa shape index (κ1) is 10.7. The molecule has 0 aromatic carbocycles. The molecule has 0 saturated carbocycles. The van der Waals surface area contributed by atoms with E-state index in [4.69, 9.17) is 11.6 Å². The fourth-order valence-electron chi connectivity index (χ4n) is 1.32. The van der Waals surface area contributed by atoms with Gasteiger partial charge in [-0.05, 0) is 12.1 Å². The van der Waals surface area contributed by atoms with Crippen LogP contribution in [0.25, 0.3) is 0 Å². The third-order valence-corrected chi connectivity index (χ3v) is 3.38. The predicted molar refractivity (Wildman–Crippen MR) is 63.1 cm³/mol. The molecule has 2 heterocycles. The molecule has 0 bridgehead atoms. The van der Waals surface area contributed by atoms with E-state index >= 15 is 0 Å². The number of thiophene rings is 1. The van der Waals surface area contributed by atoms with Crippen LogP contribution in [0.2, 0.25) is 4.34 Å². The molecule has 3 nitrogen and oxygen atoms in total. The maximum Gasteiger partial charge on any atom is 0.0945 e. The number of imidazole rings is 1. The molecule has 2 aromatic rings. The molecule has 2 aromatic heterocycles. The molecular formula is C10H12ClN3S. The summed E-state index contributed by atoms with van der Waals surface area (Å²) in [5.41, 5.74) is 1.18. The highest BCUT2D eigenvalue weighted by atomic mass is 35.5. The van der Waals surface area contributed by atoms with Crippen LogP contribution in [0.4, 0.5) is 0 Å². The Morgan fingerprint density at radius 2 is 2.33 bits per heavy atom. The molecule has 80 valence electrons. The van der Waals surface area contributed by atoms with E-state index in [9.17, 15) is 0 Å². The number of halogens is 1. The minimum Gasteiger partial charge on any atom is -0.337 e. The average molecular weight is 242 g/mol. The van der Waals surface area contributed by atoms with Crippen LogP contribution >= 0.6 is 22.9 Å². The van der Waals surface area contributed by atoms with Crippen molar-refractivity contribution in [2.75, 3.05) is 0 Å². The van der Waals surface area contributed by atoms with Crippen LogP contribution in [0.3, 0.4) is 0 Å². The monoisotopic (exact) mass is 241 g/mol. The lowest BCUT2D eigenvalue weighted by Gasteiger charge is -2.03. The lowest BCUT2D eigenvalue weighted by Crippen LogP contribution is -2.13. The van der Waals surface area contributed by atoms with Crippen LogP contribution in [-0.2, 0) is 20.1 Å². The van der Waals surface area contributed by atoms with Crippen LogP contribution in [0.15, 0.2) is 24.7 Å². The molecule has 1 N–H and O–H groups in total. The summed E-state index contributed by atoms with van der Waals surface area (Å²) in [5, 5.41) is 3.35. The van der Waals surface area contributed by atoms with Gasteiger partial charge in [-0.15, -0.1) is 11.3 Å². The van der Waals surface area contributed by atoms with Crippen molar-refractivity contribution in [1.29, 1.82) is 0 Å². The number of aryl methyl sites for hydroxylation is 1. The lowest BCUT2D eigenvalue weighted by atomic mass is 10.4. The van der Waals surface area contributed by atoms with Crippen LogP contribution in [0.1, 0.15) is 10.6 Å². The summed E-state index contributed by atoms with van der Waals surface area (Å²) in [5.74, 6) is 0. The maximum absolute atomic E-state index is 5.84. The first-order valence-electron chi connectivity index (χ1n) is 4.66. The predicted octanol–water partition coefficient (Wildman–Crippen LogP) is 2.42. The fourth-order valence-corrected chi connectivity index (χ4v) is 2.37. The first-order valence-corrected chi connectivity index (χ1v) is 5.85. The van der Waals surface area contributed by atoms with Crippen molar-refractivity contribution in [3.8, 4) is 0 Å². The minimum absolute atomic E-state index is 0.825. The second-order valence-electron chi connectivity index (χ2n) is 3.31.